The van der Waals surface area contributed by atoms with E-state index in [1.807, 2.05) is 0 Å². The van der Waals surface area contributed by atoms with E-state index in [0.717, 1.165) is 11.1 Å². The zero-order valence-corrected chi connectivity index (χ0v) is 14.0. The van der Waals surface area contributed by atoms with E-state index in [-0.39, 0.29) is 12.5 Å². The van der Waals surface area contributed by atoms with Gasteiger partial charge >= 0.3 is 6.03 Å². The molecule has 0 atom stereocenters. The van der Waals surface area contributed by atoms with E-state index < -0.39 is 6.03 Å². The molecule has 0 fully saturated rings. The van der Waals surface area contributed by atoms with Crippen LogP contribution in [0.5, 0.6) is 5.75 Å². The summed E-state index contributed by atoms with van der Waals surface area (Å²) < 4.78 is 5.58. The fraction of sp³-hybridized carbons (Fsp3) is 0.111. The highest BCUT2D eigenvalue weighted by Gasteiger charge is 2.17. The summed E-state index contributed by atoms with van der Waals surface area (Å²) in [7, 11) is 0. The van der Waals surface area contributed by atoms with E-state index in [4.69, 9.17) is 22.1 Å². The number of urea groups is 1. The summed E-state index contributed by atoms with van der Waals surface area (Å²) >= 11 is 5.97. The Morgan fingerprint density at radius 2 is 1.92 bits per heavy atom. The monoisotopic (exact) mass is 357 g/mol. The van der Waals surface area contributed by atoms with Gasteiger partial charge in [0.25, 0.3) is 5.91 Å². The van der Waals surface area contributed by atoms with Crippen molar-refractivity contribution in [3.63, 3.8) is 0 Å². The third kappa shape index (κ3) is 4.30. The summed E-state index contributed by atoms with van der Waals surface area (Å²) in [5.74, 6) is 0.503. The Morgan fingerprint density at radius 3 is 2.64 bits per heavy atom. The number of hydrogen-bond acceptors (Lipinski definition) is 3. The maximum atomic E-state index is 12.3. The summed E-state index contributed by atoms with van der Waals surface area (Å²) in [6, 6.07) is 11.7. The van der Waals surface area contributed by atoms with Crippen molar-refractivity contribution < 1.29 is 14.3 Å². The predicted molar refractivity (Wildman–Crippen MR) is 96.4 cm³/mol. The molecule has 3 rings (SSSR count). The van der Waals surface area contributed by atoms with Gasteiger partial charge in [0, 0.05) is 22.8 Å². The Bertz CT molecular complexity index is 847. The molecule has 2 aromatic carbocycles. The molecular formula is C18H16ClN3O3. The molecule has 0 saturated carbocycles. The predicted octanol–water partition coefficient (Wildman–Crippen LogP) is 2.92. The zero-order chi connectivity index (χ0) is 17.8. The van der Waals surface area contributed by atoms with Crippen LogP contribution in [0.25, 0.3) is 6.08 Å². The summed E-state index contributed by atoms with van der Waals surface area (Å²) in [6.45, 7) is 0.567. The molecule has 1 heterocycles. The molecule has 1 aliphatic rings. The number of anilines is 1. The quantitative estimate of drug-likeness (QED) is 0.785. The molecule has 3 amide bonds. The van der Waals surface area contributed by atoms with Gasteiger partial charge in [-0.05, 0) is 42.0 Å². The van der Waals surface area contributed by atoms with Gasteiger partial charge in [0.2, 0.25) is 0 Å². The van der Waals surface area contributed by atoms with Crippen molar-refractivity contribution in [1.29, 1.82) is 0 Å². The van der Waals surface area contributed by atoms with Crippen molar-refractivity contribution in [3.05, 3.63) is 64.2 Å². The fourth-order valence-corrected chi connectivity index (χ4v) is 2.60. The molecule has 0 spiro atoms. The molecule has 6 nitrogen and oxygen atoms in total. The van der Waals surface area contributed by atoms with E-state index in [9.17, 15) is 9.59 Å². The number of hydrogen-bond donors (Lipinski definition) is 3. The summed E-state index contributed by atoms with van der Waals surface area (Å²) in [5, 5.41) is 5.91. The Kier molecular flexibility index (Phi) is 4.90. The lowest BCUT2D eigenvalue weighted by atomic mass is 10.1. The molecule has 1 aliphatic heterocycles. The second kappa shape index (κ2) is 7.27. The lowest BCUT2D eigenvalue weighted by molar-refractivity contribution is -0.117. The molecule has 0 saturated heterocycles. The van der Waals surface area contributed by atoms with Gasteiger partial charge < -0.3 is 21.1 Å². The number of primary amides is 1. The topological polar surface area (TPSA) is 93.5 Å². The summed E-state index contributed by atoms with van der Waals surface area (Å²) in [6.07, 6.45) is 1.78. The van der Waals surface area contributed by atoms with Crippen molar-refractivity contribution in [2.75, 3.05) is 11.9 Å². The second-order valence-electron chi connectivity index (χ2n) is 5.51. The molecule has 0 radical (unpaired) electrons. The van der Waals surface area contributed by atoms with Crippen LogP contribution in [0.1, 0.15) is 11.1 Å². The molecule has 0 bridgehead atoms. The lowest BCUT2D eigenvalue weighted by Gasteiger charge is -2.18. The molecule has 0 unspecified atom stereocenters. The maximum absolute atomic E-state index is 12.3. The number of fused-ring (bicyclic) bond motifs is 1. The minimum absolute atomic E-state index is 0.204. The van der Waals surface area contributed by atoms with E-state index in [0.29, 0.717) is 28.6 Å². The average molecular weight is 358 g/mol. The Hall–Kier alpha value is -2.99. The first-order valence-electron chi connectivity index (χ1n) is 7.58. The first-order valence-corrected chi connectivity index (χ1v) is 7.95. The molecule has 25 heavy (non-hydrogen) atoms. The number of nitrogens with two attached hydrogens (primary N) is 1. The first-order chi connectivity index (χ1) is 12.0. The van der Waals surface area contributed by atoms with Crippen LogP contribution in [0.4, 0.5) is 10.5 Å². The third-order valence-electron chi connectivity index (χ3n) is 3.65. The number of amides is 3. The fourth-order valence-electron chi connectivity index (χ4n) is 2.42. The van der Waals surface area contributed by atoms with Gasteiger partial charge in [0.1, 0.15) is 12.4 Å². The highest BCUT2D eigenvalue weighted by atomic mass is 35.5. The summed E-state index contributed by atoms with van der Waals surface area (Å²) in [5.41, 5.74) is 7.86. The van der Waals surface area contributed by atoms with Gasteiger partial charge in [0.15, 0.2) is 0 Å². The molecule has 0 aromatic heterocycles. The van der Waals surface area contributed by atoms with Crippen molar-refractivity contribution in [3.8, 4) is 5.75 Å². The zero-order valence-electron chi connectivity index (χ0n) is 13.2. The molecule has 0 aliphatic carbocycles. The van der Waals surface area contributed by atoms with Crippen LogP contribution >= 0.6 is 11.6 Å². The number of ether oxygens (including phenoxy) is 1. The van der Waals surface area contributed by atoms with Crippen molar-refractivity contribution in [2.45, 2.75) is 6.54 Å². The second-order valence-corrected chi connectivity index (χ2v) is 5.95. The van der Waals surface area contributed by atoms with Crippen LogP contribution in [0, 0.1) is 0 Å². The van der Waals surface area contributed by atoms with Gasteiger partial charge in [0.05, 0.1) is 5.57 Å². The van der Waals surface area contributed by atoms with Crippen molar-refractivity contribution >= 4 is 35.3 Å². The Balaban J connectivity index is 1.62. The van der Waals surface area contributed by atoms with Crippen LogP contribution in [-0.4, -0.2) is 18.5 Å². The lowest BCUT2D eigenvalue weighted by Crippen LogP contribution is -2.28. The smallest absolute Gasteiger partial charge is 0.316 e. The molecule has 2 aromatic rings. The molecular weight excluding hydrogens is 342 g/mol. The standard InChI is InChI=1S/C18H16ClN3O3/c19-14-3-6-16-12(8-14)7-13(10-25-16)17(23)21-9-11-1-4-15(5-2-11)22-18(20)24/h1-8H,9-10H2,(H,21,23)(H3,20,22,24). The summed E-state index contributed by atoms with van der Waals surface area (Å²) in [4.78, 5) is 23.1. The first kappa shape index (κ1) is 16.9. The molecule has 4 N–H and O–H groups in total. The number of nitrogens with one attached hydrogen (secondary N) is 2. The number of benzene rings is 2. The van der Waals surface area contributed by atoms with Gasteiger partial charge in [-0.15, -0.1) is 0 Å². The number of halogens is 1. The SMILES string of the molecule is NC(=O)Nc1ccc(CNC(=O)C2=Cc3cc(Cl)ccc3OC2)cc1. The largest absolute Gasteiger partial charge is 0.488 e. The van der Waals surface area contributed by atoms with Gasteiger partial charge in [-0.25, -0.2) is 4.79 Å². The van der Waals surface area contributed by atoms with Crippen molar-refractivity contribution in [2.24, 2.45) is 5.73 Å². The van der Waals surface area contributed by atoms with Crippen LogP contribution < -0.4 is 21.1 Å². The Morgan fingerprint density at radius 1 is 1.16 bits per heavy atom. The Labute approximate surface area is 149 Å². The van der Waals surface area contributed by atoms with E-state index in [1.165, 1.54) is 0 Å². The van der Waals surface area contributed by atoms with Crippen LogP contribution in [0.3, 0.4) is 0 Å². The molecule has 7 heteroatoms. The maximum Gasteiger partial charge on any atom is 0.316 e. The minimum Gasteiger partial charge on any atom is -0.488 e. The molecule has 128 valence electrons. The normalized spacial score (nSPS) is 12.4. The van der Waals surface area contributed by atoms with E-state index in [2.05, 4.69) is 10.6 Å². The van der Waals surface area contributed by atoms with Crippen LogP contribution in [-0.2, 0) is 11.3 Å². The highest BCUT2D eigenvalue weighted by Crippen LogP contribution is 2.28. The number of carbonyl (C=O) groups excluding carboxylic acids is 2. The van der Waals surface area contributed by atoms with E-state index in [1.54, 1.807) is 48.5 Å². The van der Waals surface area contributed by atoms with Crippen molar-refractivity contribution in [1.82, 2.24) is 5.32 Å². The number of carbonyl (C=O) groups is 2. The van der Waals surface area contributed by atoms with Gasteiger partial charge in [-0.2, -0.15) is 0 Å². The average Bonchev–Trinajstić information content (AvgIpc) is 2.59. The minimum atomic E-state index is -0.620. The van der Waals surface area contributed by atoms with E-state index >= 15 is 0 Å². The third-order valence-corrected chi connectivity index (χ3v) is 3.89. The van der Waals surface area contributed by atoms with Gasteiger partial charge in [-0.3, -0.25) is 4.79 Å². The number of rotatable bonds is 4. The van der Waals surface area contributed by atoms with Crippen LogP contribution in [0.15, 0.2) is 48.0 Å². The van der Waals surface area contributed by atoms with Crippen LogP contribution in [0.2, 0.25) is 5.02 Å². The highest BCUT2D eigenvalue weighted by molar-refractivity contribution is 6.30. The van der Waals surface area contributed by atoms with Gasteiger partial charge in [-0.1, -0.05) is 23.7 Å².